The first kappa shape index (κ1) is 16.2. The molecule has 1 aromatic heterocycles. The van der Waals surface area contributed by atoms with Crippen LogP contribution < -0.4 is 5.32 Å². The maximum atomic E-state index is 12.8. The average Bonchev–Trinajstić information content (AvgIpc) is 2.36. The molecule has 112 valence electrons. The van der Waals surface area contributed by atoms with E-state index >= 15 is 0 Å². The minimum Gasteiger partial charge on any atom is -0.339 e. The first-order valence-corrected chi connectivity index (χ1v) is 6.79. The molecule has 0 unspecified atom stereocenters. The van der Waals surface area contributed by atoms with E-state index in [1.54, 1.807) is 12.1 Å². The number of aromatic nitrogens is 1. The lowest BCUT2D eigenvalue weighted by atomic mass is 10.2. The van der Waals surface area contributed by atoms with Crippen molar-refractivity contribution in [1.29, 1.82) is 0 Å². The molecular formula is C13H8Cl3F3N2. The third-order valence-corrected chi connectivity index (χ3v) is 3.75. The number of anilines is 2. The highest BCUT2D eigenvalue weighted by Gasteiger charge is 2.38. The van der Waals surface area contributed by atoms with Gasteiger partial charge in [0.05, 0.1) is 5.02 Å². The van der Waals surface area contributed by atoms with E-state index < -0.39 is 21.9 Å². The molecule has 0 saturated carbocycles. The number of halogens is 6. The van der Waals surface area contributed by atoms with Gasteiger partial charge in [-0.1, -0.05) is 52.5 Å². The molecule has 8 heteroatoms. The molecule has 2 rings (SSSR count). The van der Waals surface area contributed by atoms with E-state index in [4.69, 9.17) is 34.8 Å². The minimum absolute atomic E-state index is 0.0384. The van der Waals surface area contributed by atoms with Gasteiger partial charge in [-0.3, -0.25) is 0 Å². The Hall–Kier alpha value is -1.17. The van der Waals surface area contributed by atoms with Crippen LogP contribution >= 0.6 is 34.8 Å². The largest absolute Gasteiger partial charge is 0.420 e. The first-order valence-electron chi connectivity index (χ1n) is 5.65. The van der Waals surface area contributed by atoms with Gasteiger partial charge in [0.2, 0.25) is 0 Å². The lowest BCUT2D eigenvalue weighted by molar-refractivity contribution is -0.137. The van der Waals surface area contributed by atoms with Crippen molar-refractivity contribution in [2.24, 2.45) is 0 Å². The molecule has 21 heavy (non-hydrogen) atoms. The van der Waals surface area contributed by atoms with Gasteiger partial charge >= 0.3 is 6.18 Å². The number of nitrogens with one attached hydrogen (secondary N) is 1. The van der Waals surface area contributed by atoms with Crippen molar-refractivity contribution >= 4 is 46.3 Å². The van der Waals surface area contributed by atoms with E-state index in [0.29, 0.717) is 5.69 Å². The summed E-state index contributed by atoms with van der Waals surface area (Å²) in [5.41, 5.74) is 0.385. The van der Waals surface area contributed by atoms with E-state index in [1.807, 2.05) is 19.1 Å². The van der Waals surface area contributed by atoms with Crippen LogP contribution in [0.5, 0.6) is 0 Å². The molecule has 0 spiro atoms. The van der Waals surface area contributed by atoms with E-state index in [1.165, 1.54) is 0 Å². The molecule has 0 aliphatic carbocycles. The van der Waals surface area contributed by atoms with Crippen LogP contribution in [0.15, 0.2) is 24.3 Å². The zero-order valence-corrected chi connectivity index (χ0v) is 12.8. The van der Waals surface area contributed by atoms with Crippen LogP contribution in [0.2, 0.25) is 15.2 Å². The Morgan fingerprint density at radius 1 is 1.00 bits per heavy atom. The summed E-state index contributed by atoms with van der Waals surface area (Å²) in [5, 5.41) is 1.00. The number of hydrogen-bond donors (Lipinski definition) is 1. The summed E-state index contributed by atoms with van der Waals surface area (Å²) in [5.74, 6) is -0.0384. The van der Waals surface area contributed by atoms with Gasteiger partial charge in [0.1, 0.15) is 15.7 Å². The normalized spacial score (nSPS) is 11.6. The van der Waals surface area contributed by atoms with Gasteiger partial charge in [-0.05, 0) is 19.1 Å². The fourth-order valence-corrected chi connectivity index (χ4v) is 2.41. The summed E-state index contributed by atoms with van der Waals surface area (Å²) in [6.07, 6.45) is -4.73. The third kappa shape index (κ3) is 3.54. The van der Waals surface area contributed by atoms with Gasteiger partial charge in [0, 0.05) is 5.69 Å². The van der Waals surface area contributed by atoms with E-state index in [9.17, 15) is 13.2 Å². The molecule has 2 nitrogen and oxygen atoms in total. The number of pyridine rings is 1. The van der Waals surface area contributed by atoms with Crippen molar-refractivity contribution in [3.8, 4) is 0 Å². The van der Waals surface area contributed by atoms with Gasteiger partial charge in [0.15, 0.2) is 5.82 Å². The van der Waals surface area contributed by atoms with Crippen LogP contribution in [0.25, 0.3) is 0 Å². The van der Waals surface area contributed by atoms with Gasteiger partial charge in [-0.2, -0.15) is 13.2 Å². The maximum Gasteiger partial charge on any atom is 0.420 e. The Labute approximate surface area is 133 Å². The first-order chi connectivity index (χ1) is 9.70. The Balaban J connectivity index is 2.45. The third-order valence-electron chi connectivity index (χ3n) is 2.63. The van der Waals surface area contributed by atoms with Gasteiger partial charge in [0.25, 0.3) is 0 Å². The van der Waals surface area contributed by atoms with E-state index in [2.05, 4.69) is 10.3 Å². The zero-order valence-electron chi connectivity index (χ0n) is 10.5. The number of rotatable bonds is 2. The lowest BCUT2D eigenvalue weighted by Gasteiger charge is -2.15. The van der Waals surface area contributed by atoms with Crippen molar-refractivity contribution in [3.05, 3.63) is 50.6 Å². The molecular weight excluding hydrogens is 348 g/mol. The molecule has 0 radical (unpaired) electrons. The number of benzene rings is 1. The highest BCUT2D eigenvalue weighted by atomic mass is 35.5. The van der Waals surface area contributed by atoms with Crippen LogP contribution in [0, 0.1) is 6.92 Å². The molecule has 2 aromatic rings. The van der Waals surface area contributed by atoms with Crippen LogP contribution in [0.1, 0.15) is 11.1 Å². The molecule has 0 saturated heterocycles. The van der Waals surface area contributed by atoms with Crippen LogP contribution in [-0.2, 0) is 6.18 Å². The molecule has 1 aromatic carbocycles. The molecule has 1 heterocycles. The van der Waals surface area contributed by atoms with Crippen molar-refractivity contribution < 1.29 is 13.2 Å². The maximum absolute atomic E-state index is 12.8. The Bertz CT molecular complexity index is 670. The zero-order chi connectivity index (χ0) is 15.8. The number of aryl methyl sites for hydroxylation is 1. The standard InChI is InChI=1S/C13H8Cl3F3N2/c1-6-2-4-7(5-3-6)20-12-10(15)9(14)8(11(16)21-12)13(17,18)19/h2-5H,1H3,(H,20,21). The fourth-order valence-electron chi connectivity index (χ4n) is 1.61. The quantitative estimate of drug-likeness (QED) is 0.657. The van der Waals surface area contributed by atoms with E-state index in [0.717, 1.165) is 5.56 Å². The predicted octanol–water partition coefficient (Wildman–Crippen LogP) is 6.11. The Morgan fingerprint density at radius 2 is 1.57 bits per heavy atom. The molecule has 0 bridgehead atoms. The summed E-state index contributed by atoms with van der Waals surface area (Å²) in [6, 6.07) is 7.10. The Kier molecular flexibility index (Phi) is 4.56. The molecule has 0 amide bonds. The summed E-state index contributed by atoms with van der Waals surface area (Å²) >= 11 is 17.1. The molecule has 0 atom stereocenters. The molecule has 0 aliphatic heterocycles. The SMILES string of the molecule is Cc1ccc(Nc2nc(Cl)c(C(F)(F)F)c(Cl)c2Cl)cc1. The highest BCUT2D eigenvalue weighted by Crippen LogP contribution is 2.44. The molecule has 0 fully saturated rings. The summed E-state index contributed by atoms with van der Waals surface area (Å²) in [6.45, 7) is 1.90. The lowest BCUT2D eigenvalue weighted by Crippen LogP contribution is -2.10. The second-order valence-corrected chi connectivity index (χ2v) is 5.36. The Morgan fingerprint density at radius 3 is 2.10 bits per heavy atom. The molecule has 0 aliphatic rings. The predicted molar refractivity (Wildman–Crippen MR) is 78.7 cm³/mol. The highest BCUT2D eigenvalue weighted by molar-refractivity contribution is 6.45. The van der Waals surface area contributed by atoms with Crippen molar-refractivity contribution in [2.45, 2.75) is 13.1 Å². The van der Waals surface area contributed by atoms with Crippen molar-refractivity contribution in [1.82, 2.24) is 4.98 Å². The number of hydrogen-bond acceptors (Lipinski definition) is 2. The second kappa shape index (κ2) is 5.91. The average molecular weight is 356 g/mol. The van der Waals surface area contributed by atoms with Crippen LogP contribution in [0.3, 0.4) is 0 Å². The second-order valence-electron chi connectivity index (χ2n) is 4.24. The molecule has 1 N–H and O–H groups in total. The van der Waals surface area contributed by atoms with Crippen LogP contribution in [-0.4, -0.2) is 4.98 Å². The fraction of sp³-hybridized carbons (Fsp3) is 0.154. The minimum atomic E-state index is -4.73. The van der Waals surface area contributed by atoms with Gasteiger partial charge in [-0.25, -0.2) is 4.98 Å². The summed E-state index contributed by atoms with van der Waals surface area (Å²) in [4.78, 5) is 3.64. The number of alkyl halides is 3. The van der Waals surface area contributed by atoms with Crippen molar-refractivity contribution in [2.75, 3.05) is 5.32 Å². The summed E-state index contributed by atoms with van der Waals surface area (Å²) in [7, 11) is 0. The van der Waals surface area contributed by atoms with Crippen LogP contribution in [0.4, 0.5) is 24.7 Å². The monoisotopic (exact) mass is 354 g/mol. The van der Waals surface area contributed by atoms with Gasteiger partial charge < -0.3 is 5.32 Å². The number of nitrogens with zero attached hydrogens (tertiary/aromatic N) is 1. The smallest absolute Gasteiger partial charge is 0.339 e. The van der Waals surface area contributed by atoms with E-state index in [-0.39, 0.29) is 10.8 Å². The van der Waals surface area contributed by atoms with Gasteiger partial charge in [-0.15, -0.1) is 0 Å². The summed E-state index contributed by atoms with van der Waals surface area (Å²) < 4.78 is 38.4. The topological polar surface area (TPSA) is 24.9 Å². The van der Waals surface area contributed by atoms with Crippen molar-refractivity contribution in [3.63, 3.8) is 0 Å².